The molecule has 0 bridgehead atoms. The second kappa shape index (κ2) is 7.30. The monoisotopic (exact) mass is 297 g/mol. The Bertz CT molecular complexity index is 592. The van der Waals surface area contributed by atoms with Crippen LogP contribution in [0, 0.1) is 0 Å². The second-order valence-electron chi connectivity index (χ2n) is 5.83. The van der Waals surface area contributed by atoms with Gasteiger partial charge in [0.05, 0.1) is 13.2 Å². The van der Waals surface area contributed by atoms with E-state index in [4.69, 9.17) is 9.47 Å². The molecule has 1 aromatic carbocycles. The molecule has 0 unspecified atom stereocenters. The molecule has 2 aromatic rings. The molecule has 3 nitrogen and oxygen atoms in total. The van der Waals surface area contributed by atoms with Crippen molar-refractivity contribution in [2.75, 3.05) is 7.11 Å². The fraction of sp³-hybridized carbons (Fsp3) is 0.421. The standard InChI is InChI=1S/C19H23NO2/c1-21-18-12-10-15(9-11-16-6-4-5-13-20-16)14-19(18)22-17-7-2-3-8-17/h4-6,10,12-14,17H,2-3,7-9,11H2,1H3. The van der Waals surface area contributed by atoms with Gasteiger partial charge in [0.2, 0.25) is 0 Å². The van der Waals surface area contributed by atoms with Crippen molar-refractivity contribution in [3.05, 3.63) is 53.9 Å². The highest BCUT2D eigenvalue weighted by atomic mass is 16.5. The lowest BCUT2D eigenvalue weighted by atomic mass is 10.1. The SMILES string of the molecule is COc1ccc(CCc2ccccn2)cc1OC1CCCC1. The summed E-state index contributed by atoms with van der Waals surface area (Å²) in [5, 5.41) is 0. The van der Waals surface area contributed by atoms with Gasteiger partial charge in [0, 0.05) is 11.9 Å². The summed E-state index contributed by atoms with van der Waals surface area (Å²) in [6, 6.07) is 12.3. The first-order valence-electron chi connectivity index (χ1n) is 8.08. The van der Waals surface area contributed by atoms with Gasteiger partial charge in [-0.3, -0.25) is 4.98 Å². The predicted octanol–water partition coefficient (Wildman–Crippen LogP) is 4.20. The zero-order valence-electron chi connectivity index (χ0n) is 13.1. The summed E-state index contributed by atoms with van der Waals surface area (Å²) in [4.78, 5) is 4.38. The smallest absolute Gasteiger partial charge is 0.161 e. The van der Waals surface area contributed by atoms with Crippen LogP contribution in [0.25, 0.3) is 0 Å². The molecule has 0 spiro atoms. The van der Waals surface area contributed by atoms with Gasteiger partial charge in [-0.15, -0.1) is 0 Å². The number of nitrogens with zero attached hydrogens (tertiary/aromatic N) is 1. The molecule has 0 amide bonds. The minimum Gasteiger partial charge on any atom is -0.493 e. The van der Waals surface area contributed by atoms with E-state index in [9.17, 15) is 0 Å². The normalized spacial score (nSPS) is 15.0. The van der Waals surface area contributed by atoms with Crippen molar-refractivity contribution < 1.29 is 9.47 Å². The van der Waals surface area contributed by atoms with Crippen molar-refractivity contribution in [2.45, 2.75) is 44.6 Å². The number of aromatic nitrogens is 1. The minimum atomic E-state index is 0.347. The van der Waals surface area contributed by atoms with Gasteiger partial charge in [0.15, 0.2) is 11.5 Å². The van der Waals surface area contributed by atoms with E-state index in [0.717, 1.165) is 42.9 Å². The highest BCUT2D eigenvalue weighted by Gasteiger charge is 2.18. The van der Waals surface area contributed by atoms with E-state index in [0.29, 0.717) is 6.10 Å². The minimum absolute atomic E-state index is 0.347. The van der Waals surface area contributed by atoms with Crippen LogP contribution in [0.2, 0.25) is 0 Å². The first-order valence-corrected chi connectivity index (χ1v) is 8.08. The molecule has 0 N–H and O–H groups in total. The first kappa shape index (κ1) is 14.9. The highest BCUT2D eigenvalue weighted by molar-refractivity contribution is 5.43. The molecule has 3 rings (SSSR count). The molecule has 22 heavy (non-hydrogen) atoms. The van der Waals surface area contributed by atoms with Gasteiger partial charge in [-0.05, 0) is 68.4 Å². The van der Waals surface area contributed by atoms with Crippen LogP contribution in [0.4, 0.5) is 0 Å². The van der Waals surface area contributed by atoms with Gasteiger partial charge in [0.25, 0.3) is 0 Å². The van der Waals surface area contributed by atoms with Gasteiger partial charge < -0.3 is 9.47 Å². The van der Waals surface area contributed by atoms with Crippen LogP contribution in [0.1, 0.15) is 36.9 Å². The number of hydrogen-bond donors (Lipinski definition) is 0. The quantitative estimate of drug-likeness (QED) is 0.801. The zero-order valence-corrected chi connectivity index (χ0v) is 13.1. The average Bonchev–Trinajstić information content (AvgIpc) is 3.07. The number of hydrogen-bond acceptors (Lipinski definition) is 3. The number of ether oxygens (including phenoxy) is 2. The maximum absolute atomic E-state index is 6.15. The topological polar surface area (TPSA) is 31.4 Å². The van der Waals surface area contributed by atoms with Crippen LogP contribution < -0.4 is 9.47 Å². The summed E-state index contributed by atoms with van der Waals surface area (Å²) >= 11 is 0. The van der Waals surface area contributed by atoms with Gasteiger partial charge in [-0.2, -0.15) is 0 Å². The lowest BCUT2D eigenvalue weighted by Gasteiger charge is -2.17. The third-order valence-corrected chi connectivity index (χ3v) is 4.22. The van der Waals surface area contributed by atoms with Crippen molar-refractivity contribution in [3.63, 3.8) is 0 Å². The molecule has 1 fully saturated rings. The largest absolute Gasteiger partial charge is 0.493 e. The Morgan fingerprint density at radius 3 is 2.64 bits per heavy atom. The van der Waals surface area contributed by atoms with Crippen LogP contribution >= 0.6 is 0 Å². The Morgan fingerprint density at radius 2 is 1.91 bits per heavy atom. The molecule has 1 heterocycles. The van der Waals surface area contributed by atoms with Crippen molar-refractivity contribution in [2.24, 2.45) is 0 Å². The Labute approximate surface area is 132 Å². The molecule has 1 aliphatic carbocycles. The van der Waals surface area contributed by atoms with Crippen LogP contribution in [-0.4, -0.2) is 18.2 Å². The molecule has 1 aromatic heterocycles. The van der Waals surface area contributed by atoms with E-state index in [-0.39, 0.29) is 0 Å². The van der Waals surface area contributed by atoms with Gasteiger partial charge in [0.1, 0.15) is 0 Å². The maximum atomic E-state index is 6.15. The van der Waals surface area contributed by atoms with E-state index < -0.39 is 0 Å². The van der Waals surface area contributed by atoms with Crippen molar-refractivity contribution >= 4 is 0 Å². The third kappa shape index (κ3) is 3.79. The summed E-state index contributed by atoms with van der Waals surface area (Å²) in [6.45, 7) is 0. The highest BCUT2D eigenvalue weighted by Crippen LogP contribution is 2.32. The third-order valence-electron chi connectivity index (χ3n) is 4.22. The Balaban J connectivity index is 1.69. The van der Waals surface area contributed by atoms with E-state index in [1.165, 1.54) is 18.4 Å². The van der Waals surface area contributed by atoms with Gasteiger partial charge >= 0.3 is 0 Å². The van der Waals surface area contributed by atoms with Gasteiger partial charge in [-0.1, -0.05) is 12.1 Å². The Kier molecular flexibility index (Phi) is 4.94. The summed E-state index contributed by atoms with van der Waals surface area (Å²) < 4.78 is 11.6. The molecule has 1 saturated carbocycles. The van der Waals surface area contributed by atoms with E-state index in [2.05, 4.69) is 23.2 Å². The maximum Gasteiger partial charge on any atom is 0.161 e. The van der Waals surface area contributed by atoms with Crippen molar-refractivity contribution in [3.8, 4) is 11.5 Å². The average molecular weight is 297 g/mol. The van der Waals surface area contributed by atoms with Crippen molar-refractivity contribution in [1.82, 2.24) is 4.98 Å². The Morgan fingerprint density at radius 1 is 1.05 bits per heavy atom. The number of rotatable bonds is 6. The molecular weight excluding hydrogens is 274 g/mol. The molecule has 116 valence electrons. The molecule has 0 atom stereocenters. The van der Waals surface area contributed by atoms with Crippen LogP contribution in [-0.2, 0) is 12.8 Å². The Hall–Kier alpha value is -2.03. The zero-order chi connectivity index (χ0) is 15.2. The molecule has 0 saturated heterocycles. The molecular formula is C19H23NO2. The fourth-order valence-corrected chi connectivity index (χ4v) is 2.97. The summed E-state index contributed by atoms with van der Waals surface area (Å²) in [5.74, 6) is 1.71. The molecule has 3 heteroatoms. The molecule has 0 aliphatic heterocycles. The fourth-order valence-electron chi connectivity index (χ4n) is 2.97. The van der Waals surface area contributed by atoms with E-state index >= 15 is 0 Å². The summed E-state index contributed by atoms with van der Waals surface area (Å²) in [5.41, 5.74) is 2.39. The first-order chi connectivity index (χ1) is 10.8. The lowest BCUT2D eigenvalue weighted by molar-refractivity contribution is 0.200. The van der Waals surface area contributed by atoms with E-state index in [1.54, 1.807) is 7.11 Å². The van der Waals surface area contributed by atoms with Crippen molar-refractivity contribution in [1.29, 1.82) is 0 Å². The van der Waals surface area contributed by atoms with Crippen LogP contribution in [0.3, 0.4) is 0 Å². The number of aryl methyl sites for hydroxylation is 2. The molecule has 1 aliphatic rings. The number of benzene rings is 1. The van der Waals surface area contributed by atoms with Gasteiger partial charge in [-0.25, -0.2) is 0 Å². The summed E-state index contributed by atoms with van der Waals surface area (Å²) in [7, 11) is 1.70. The molecule has 0 radical (unpaired) electrons. The summed E-state index contributed by atoms with van der Waals surface area (Å²) in [6.07, 6.45) is 8.94. The van der Waals surface area contributed by atoms with Crippen LogP contribution in [0.15, 0.2) is 42.6 Å². The number of methoxy groups -OCH3 is 1. The second-order valence-corrected chi connectivity index (χ2v) is 5.83. The van der Waals surface area contributed by atoms with Crippen LogP contribution in [0.5, 0.6) is 11.5 Å². The lowest BCUT2D eigenvalue weighted by Crippen LogP contribution is -2.11. The predicted molar refractivity (Wildman–Crippen MR) is 87.5 cm³/mol. The number of pyridine rings is 1. The van der Waals surface area contributed by atoms with E-state index in [1.807, 2.05) is 24.4 Å².